The molecule has 10 aromatic carbocycles. The zero-order valence-electron chi connectivity index (χ0n) is 29.8. The molecule has 0 saturated heterocycles. The van der Waals surface area contributed by atoms with Crippen LogP contribution in [0, 0.1) is 0 Å². The highest BCUT2D eigenvalue weighted by molar-refractivity contribution is 6.26. The van der Waals surface area contributed by atoms with Gasteiger partial charge in [-0.05, 0) is 110 Å². The van der Waals surface area contributed by atoms with Gasteiger partial charge >= 0.3 is 0 Å². The molecule has 10 rings (SSSR count). The highest BCUT2D eigenvalue weighted by atomic mass is 14.2. The molecule has 0 fully saturated rings. The molecular formula is C46H28. The Kier molecular flexibility index (Phi) is 4.43. The van der Waals surface area contributed by atoms with Gasteiger partial charge < -0.3 is 0 Å². The fraction of sp³-hybridized carbons (Fsp3) is 0. The number of rotatable bonds is 3. The average Bonchev–Trinajstić information content (AvgIpc) is 3.17. The van der Waals surface area contributed by atoms with Crippen LogP contribution >= 0.6 is 0 Å². The largest absolute Gasteiger partial charge is 0.0629 e. The Bertz CT molecular complexity index is 2990. The Labute approximate surface area is 274 Å². The lowest BCUT2D eigenvalue weighted by atomic mass is 9.85. The van der Waals surface area contributed by atoms with Gasteiger partial charge in [-0.15, -0.1) is 0 Å². The van der Waals surface area contributed by atoms with Gasteiger partial charge in [-0.3, -0.25) is 0 Å². The molecular weight excluding hydrogens is 553 g/mol. The van der Waals surface area contributed by atoms with Crippen LogP contribution in [0.15, 0.2) is 170 Å². The van der Waals surface area contributed by atoms with Gasteiger partial charge in [0, 0.05) is 0 Å². The minimum absolute atomic E-state index is 0.199. The molecule has 0 heteroatoms. The van der Waals surface area contributed by atoms with Crippen LogP contribution < -0.4 is 0 Å². The van der Waals surface area contributed by atoms with Gasteiger partial charge in [-0.25, -0.2) is 0 Å². The van der Waals surface area contributed by atoms with Crippen molar-refractivity contribution in [2.75, 3.05) is 0 Å². The molecule has 0 N–H and O–H groups in total. The molecule has 0 heterocycles. The lowest BCUT2D eigenvalue weighted by Gasteiger charge is -2.18. The number of hydrogen-bond donors (Lipinski definition) is 0. The molecule has 0 spiro atoms. The predicted molar refractivity (Wildman–Crippen MR) is 199 cm³/mol. The summed E-state index contributed by atoms with van der Waals surface area (Å²) in [7, 11) is 0. The van der Waals surface area contributed by atoms with E-state index in [0.717, 1.165) is 43.4 Å². The monoisotopic (exact) mass is 585 g/mol. The van der Waals surface area contributed by atoms with Gasteiger partial charge in [0.15, 0.2) is 0 Å². The highest BCUT2D eigenvalue weighted by Crippen LogP contribution is 2.45. The summed E-state index contributed by atoms with van der Waals surface area (Å²) in [5.74, 6) is 0. The molecule has 0 aromatic heterocycles. The third kappa shape index (κ3) is 3.68. The average molecular weight is 586 g/mol. The molecule has 10 aromatic rings. The van der Waals surface area contributed by atoms with Gasteiger partial charge in [0.1, 0.15) is 0 Å². The van der Waals surface area contributed by atoms with Crippen molar-refractivity contribution in [1.29, 1.82) is 0 Å². The molecule has 0 bridgehead atoms. The van der Waals surface area contributed by atoms with E-state index in [9.17, 15) is 0 Å². The van der Waals surface area contributed by atoms with Crippen molar-refractivity contribution < 1.29 is 6.85 Å². The second kappa shape index (κ2) is 9.76. The molecule has 0 aliphatic carbocycles. The molecule has 46 heavy (non-hydrogen) atoms. The summed E-state index contributed by atoms with van der Waals surface area (Å²) in [6.45, 7) is 0. The van der Waals surface area contributed by atoms with Gasteiger partial charge in [-0.1, -0.05) is 158 Å². The molecule has 0 amide bonds. The number of fused-ring (bicyclic) bond motifs is 3. The summed E-state index contributed by atoms with van der Waals surface area (Å²) in [5, 5.41) is 13.5. The molecule has 0 aliphatic heterocycles. The first-order chi connectivity index (χ1) is 24.9. The van der Waals surface area contributed by atoms with Crippen molar-refractivity contribution in [2.24, 2.45) is 0 Å². The topological polar surface area (TPSA) is 0 Å². The van der Waals surface area contributed by atoms with Gasteiger partial charge in [-0.2, -0.15) is 0 Å². The van der Waals surface area contributed by atoms with E-state index in [-0.39, 0.29) is 29.7 Å². The van der Waals surface area contributed by atoms with Crippen molar-refractivity contribution in [1.82, 2.24) is 0 Å². The van der Waals surface area contributed by atoms with Crippen LogP contribution in [0.1, 0.15) is 6.85 Å². The summed E-state index contributed by atoms with van der Waals surface area (Å²) in [6, 6.07) is 47.8. The van der Waals surface area contributed by atoms with E-state index in [1.54, 1.807) is 0 Å². The van der Waals surface area contributed by atoms with Crippen LogP contribution in [0.25, 0.3) is 98.0 Å². The second-order valence-electron chi connectivity index (χ2n) is 12.1. The minimum atomic E-state index is -0.391. The van der Waals surface area contributed by atoms with E-state index in [1.165, 1.54) is 43.4 Å². The smallest absolute Gasteiger partial charge is 0.0622 e. The summed E-state index contributed by atoms with van der Waals surface area (Å²) in [4.78, 5) is 0. The Hall–Kier alpha value is -5.98. The normalized spacial score (nSPS) is 13.4. The van der Waals surface area contributed by atoms with Crippen molar-refractivity contribution in [3.8, 4) is 33.4 Å². The van der Waals surface area contributed by atoms with Crippen LogP contribution in [-0.4, -0.2) is 0 Å². The van der Waals surface area contributed by atoms with Crippen molar-refractivity contribution >= 4 is 64.6 Å². The van der Waals surface area contributed by atoms with Crippen molar-refractivity contribution in [3.63, 3.8) is 0 Å². The maximum atomic E-state index is 8.84. The Balaban J connectivity index is 1.17. The van der Waals surface area contributed by atoms with E-state index in [0.29, 0.717) is 5.56 Å². The summed E-state index contributed by atoms with van der Waals surface area (Å²) >= 11 is 0. The van der Waals surface area contributed by atoms with Crippen LogP contribution in [0.2, 0.25) is 0 Å². The molecule has 0 nitrogen and oxygen atoms in total. The quantitative estimate of drug-likeness (QED) is 0.143. The van der Waals surface area contributed by atoms with Crippen LogP contribution in [0.4, 0.5) is 0 Å². The lowest BCUT2D eigenvalue weighted by molar-refractivity contribution is 1.66. The molecule has 0 saturated carbocycles. The Morgan fingerprint density at radius 1 is 0.326 bits per heavy atom. The van der Waals surface area contributed by atoms with Gasteiger partial charge in [0.2, 0.25) is 0 Å². The molecule has 0 aliphatic rings. The predicted octanol–water partition coefficient (Wildman–Crippen LogP) is 13.0. The van der Waals surface area contributed by atoms with E-state index in [1.807, 2.05) is 36.4 Å². The number of hydrogen-bond acceptors (Lipinski definition) is 0. The van der Waals surface area contributed by atoms with Crippen LogP contribution in [0.5, 0.6) is 0 Å². The second-order valence-corrected chi connectivity index (χ2v) is 12.1. The van der Waals surface area contributed by atoms with Gasteiger partial charge in [0.05, 0.1) is 6.85 Å². The van der Waals surface area contributed by atoms with Gasteiger partial charge in [0.25, 0.3) is 0 Å². The zero-order valence-corrected chi connectivity index (χ0v) is 24.8. The maximum Gasteiger partial charge on any atom is 0.0629 e. The molecule has 0 unspecified atom stereocenters. The molecule has 0 atom stereocenters. The van der Waals surface area contributed by atoms with Crippen LogP contribution in [-0.2, 0) is 0 Å². The summed E-state index contributed by atoms with van der Waals surface area (Å²) < 4.78 is 42.7. The third-order valence-corrected chi connectivity index (χ3v) is 9.65. The van der Waals surface area contributed by atoms with E-state index >= 15 is 0 Å². The van der Waals surface area contributed by atoms with Crippen molar-refractivity contribution in [3.05, 3.63) is 170 Å². The molecule has 0 radical (unpaired) electrons. The summed E-state index contributed by atoms with van der Waals surface area (Å²) in [6.07, 6.45) is 0. The van der Waals surface area contributed by atoms with E-state index < -0.39 is 6.04 Å². The maximum absolute atomic E-state index is 8.84. The standard InChI is InChI=1S/C46H28/c1-2-9-29(10-3-1)44-38-13-4-6-15-40(38)45(41-16-7-5-14-39(41)44)36-22-20-33-27-35(21-19-34(33)28-36)37-25-23-32-18-17-30-11-8-12-31-24-26-42(37)46(32)43(30)31/h1-28H/i1D,2D,3D,9D,10D. The fourth-order valence-corrected chi connectivity index (χ4v) is 7.64. The molecule has 212 valence electrons. The first-order valence-corrected chi connectivity index (χ1v) is 15.6. The minimum Gasteiger partial charge on any atom is -0.0622 e. The van der Waals surface area contributed by atoms with E-state index in [4.69, 9.17) is 6.85 Å². The number of benzene rings is 10. The van der Waals surface area contributed by atoms with Crippen LogP contribution in [0.3, 0.4) is 0 Å². The highest BCUT2D eigenvalue weighted by Gasteiger charge is 2.17. The first kappa shape index (κ1) is 20.9. The fourth-order valence-electron chi connectivity index (χ4n) is 7.64. The Morgan fingerprint density at radius 3 is 1.48 bits per heavy atom. The third-order valence-electron chi connectivity index (χ3n) is 9.65. The Morgan fingerprint density at radius 2 is 0.826 bits per heavy atom. The lowest BCUT2D eigenvalue weighted by Crippen LogP contribution is -1.91. The summed E-state index contributed by atoms with van der Waals surface area (Å²) in [5.41, 5.74) is 5.37. The van der Waals surface area contributed by atoms with E-state index in [2.05, 4.69) is 103 Å². The zero-order chi connectivity index (χ0) is 34.5. The first-order valence-electron chi connectivity index (χ1n) is 18.1. The SMILES string of the molecule is [2H]c1c([2H])c([2H])c(-c2c3ccccc3c(-c3ccc4cc(-c5ccc6ccc7cccc8ccc5c6c78)ccc4c3)c3ccccc23)c([2H])c1[2H]. The van der Waals surface area contributed by atoms with Crippen molar-refractivity contribution in [2.45, 2.75) is 0 Å².